The molecule has 0 saturated heterocycles. The van der Waals surface area contributed by atoms with Gasteiger partial charge in [-0.25, -0.2) is 5.84 Å². The van der Waals surface area contributed by atoms with E-state index in [4.69, 9.17) is 10.6 Å². The molecule has 0 saturated carbocycles. The van der Waals surface area contributed by atoms with Crippen LogP contribution < -0.4 is 16.0 Å². The molecular formula is C13H20N2O2. The zero-order chi connectivity index (χ0) is 13.1. The van der Waals surface area contributed by atoms with E-state index in [1.165, 1.54) is 5.56 Å². The highest BCUT2D eigenvalue weighted by molar-refractivity contribution is 5.80. The molecule has 0 radical (unpaired) electrons. The van der Waals surface area contributed by atoms with Crippen molar-refractivity contribution in [3.63, 3.8) is 0 Å². The first-order valence-corrected chi connectivity index (χ1v) is 5.62. The van der Waals surface area contributed by atoms with Gasteiger partial charge in [-0.3, -0.25) is 10.2 Å². The fourth-order valence-corrected chi connectivity index (χ4v) is 1.41. The summed E-state index contributed by atoms with van der Waals surface area (Å²) in [5.74, 6) is 5.35. The van der Waals surface area contributed by atoms with Crippen molar-refractivity contribution in [3.05, 3.63) is 29.8 Å². The molecule has 0 heterocycles. The van der Waals surface area contributed by atoms with Gasteiger partial charge in [-0.1, -0.05) is 32.9 Å². The zero-order valence-corrected chi connectivity index (χ0v) is 10.8. The molecular weight excluding hydrogens is 216 g/mol. The fraction of sp³-hybridized carbons (Fsp3) is 0.462. The molecule has 4 nitrogen and oxygen atoms in total. The van der Waals surface area contributed by atoms with Gasteiger partial charge in [-0.05, 0) is 30.0 Å². The second kappa shape index (κ2) is 5.19. The normalized spacial score (nSPS) is 13.0. The second-order valence-corrected chi connectivity index (χ2v) is 5.04. The van der Waals surface area contributed by atoms with E-state index in [9.17, 15) is 4.79 Å². The van der Waals surface area contributed by atoms with E-state index in [1.54, 1.807) is 6.92 Å². The van der Waals surface area contributed by atoms with Crippen LogP contribution in [-0.4, -0.2) is 12.0 Å². The van der Waals surface area contributed by atoms with Crippen LogP contribution in [0.3, 0.4) is 0 Å². The van der Waals surface area contributed by atoms with Crippen molar-refractivity contribution >= 4 is 5.91 Å². The zero-order valence-electron chi connectivity index (χ0n) is 10.8. The minimum atomic E-state index is -0.597. The predicted octanol–water partition coefficient (Wildman–Crippen LogP) is 1.74. The van der Waals surface area contributed by atoms with Crippen LogP contribution in [0, 0.1) is 0 Å². The van der Waals surface area contributed by atoms with E-state index in [-0.39, 0.29) is 11.3 Å². The number of carbonyl (C=O) groups excluding carboxylic acids is 1. The maximum absolute atomic E-state index is 11.2. The van der Waals surface area contributed by atoms with Crippen LogP contribution in [-0.2, 0) is 10.2 Å². The van der Waals surface area contributed by atoms with E-state index in [0.717, 1.165) is 0 Å². The lowest BCUT2D eigenvalue weighted by Crippen LogP contribution is -2.40. The van der Waals surface area contributed by atoms with Gasteiger partial charge in [0.15, 0.2) is 6.10 Å². The van der Waals surface area contributed by atoms with Gasteiger partial charge in [-0.2, -0.15) is 0 Å². The topological polar surface area (TPSA) is 64.3 Å². The van der Waals surface area contributed by atoms with Crippen LogP contribution in [0.25, 0.3) is 0 Å². The molecule has 1 atom stereocenters. The third kappa shape index (κ3) is 3.75. The Kier molecular flexibility index (Phi) is 4.12. The molecule has 94 valence electrons. The quantitative estimate of drug-likeness (QED) is 0.477. The van der Waals surface area contributed by atoms with Crippen LogP contribution >= 0.6 is 0 Å². The van der Waals surface area contributed by atoms with Crippen molar-refractivity contribution in [3.8, 4) is 5.75 Å². The third-order valence-electron chi connectivity index (χ3n) is 2.54. The van der Waals surface area contributed by atoms with Gasteiger partial charge in [0.25, 0.3) is 5.91 Å². The molecule has 0 aromatic heterocycles. The molecule has 0 spiro atoms. The summed E-state index contributed by atoms with van der Waals surface area (Å²) in [5, 5.41) is 0. The Bertz CT molecular complexity index is 379. The molecule has 17 heavy (non-hydrogen) atoms. The van der Waals surface area contributed by atoms with Crippen LogP contribution in [0.4, 0.5) is 0 Å². The van der Waals surface area contributed by atoms with E-state index in [1.807, 2.05) is 24.3 Å². The monoisotopic (exact) mass is 236 g/mol. The van der Waals surface area contributed by atoms with Crippen molar-refractivity contribution < 1.29 is 9.53 Å². The lowest BCUT2D eigenvalue weighted by Gasteiger charge is -2.19. The molecule has 4 heteroatoms. The lowest BCUT2D eigenvalue weighted by molar-refractivity contribution is -0.127. The summed E-state index contributed by atoms with van der Waals surface area (Å²) in [7, 11) is 0. The minimum Gasteiger partial charge on any atom is -0.481 e. The molecule has 0 unspecified atom stereocenters. The van der Waals surface area contributed by atoms with Gasteiger partial charge in [-0.15, -0.1) is 0 Å². The Morgan fingerprint density at radius 3 is 2.24 bits per heavy atom. The Hall–Kier alpha value is -1.55. The Morgan fingerprint density at radius 2 is 1.82 bits per heavy atom. The number of nitrogens with two attached hydrogens (primary N) is 1. The van der Waals surface area contributed by atoms with Gasteiger partial charge in [0.05, 0.1) is 0 Å². The van der Waals surface area contributed by atoms with Gasteiger partial charge in [0.2, 0.25) is 0 Å². The lowest BCUT2D eigenvalue weighted by atomic mass is 9.87. The Morgan fingerprint density at radius 1 is 1.29 bits per heavy atom. The molecule has 1 aromatic carbocycles. The first-order valence-electron chi connectivity index (χ1n) is 5.62. The molecule has 0 fully saturated rings. The highest BCUT2D eigenvalue weighted by Crippen LogP contribution is 2.24. The average molecular weight is 236 g/mol. The summed E-state index contributed by atoms with van der Waals surface area (Å²) >= 11 is 0. The third-order valence-corrected chi connectivity index (χ3v) is 2.54. The maximum Gasteiger partial charge on any atom is 0.274 e. The molecule has 0 bridgehead atoms. The van der Waals surface area contributed by atoms with Gasteiger partial charge in [0, 0.05) is 0 Å². The number of carbonyl (C=O) groups is 1. The van der Waals surface area contributed by atoms with Crippen LogP contribution in [0.1, 0.15) is 33.3 Å². The highest BCUT2D eigenvalue weighted by atomic mass is 16.5. The standard InChI is InChI=1S/C13H20N2O2/c1-9(12(16)15-14)17-11-7-5-10(6-8-11)13(2,3)4/h5-9H,14H2,1-4H3,(H,15,16)/t9-/m0/s1. The van der Waals surface area contributed by atoms with Crippen molar-refractivity contribution in [2.45, 2.75) is 39.2 Å². The van der Waals surface area contributed by atoms with Crippen LogP contribution in [0.2, 0.25) is 0 Å². The van der Waals surface area contributed by atoms with Crippen molar-refractivity contribution in [1.29, 1.82) is 0 Å². The Balaban J connectivity index is 2.72. The molecule has 3 N–H and O–H groups in total. The number of nitrogens with one attached hydrogen (secondary N) is 1. The number of ether oxygens (including phenoxy) is 1. The van der Waals surface area contributed by atoms with E-state index in [2.05, 4.69) is 26.2 Å². The second-order valence-electron chi connectivity index (χ2n) is 5.04. The molecule has 0 aliphatic heterocycles. The molecule has 1 amide bonds. The van der Waals surface area contributed by atoms with E-state index >= 15 is 0 Å². The fourth-order valence-electron chi connectivity index (χ4n) is 1.41. The van der Waals surface area contributed by atoms with Gasteiger partial charge < -0.3 is 4.74 Å². The summed E-state index contributed by atoms with van der Waals surface area (Å²) < 4.78 is 5.44. The number of benzene rings is 1. The predicted molar refractivity (Wildman–Crippen MR) is 67.6 cm³/mol. The van der Waals surface area contributed by atoms with Crippen molar-refractivity contribution in [1.82, 2.24) is 5.43 Å². The molecule has 0 aliphatic carbocycles. The smallest absolute Gasteiger partial charge is 0.274 e. The first kappa shape index (κ1) is 13.5. The van der Waals surface area contributed by atoms with E-state index < -0.39 is 6.10 Å². The summed E-state index contributed by atoms with van der Waals surface area (Å²) in [6, 6.07) is 7.73. The number of hydrogen-bond donors (Lipinski definition) is 2. The van der Waals surface area contributed by atoms with Crippen LogP contribution in [0.15, 0.2) is 24.3 Å². The van der Waals surface area contributed by atoms with E-state index in [0.29, 0.717) is 5.75 Å². The van der Waals surface area contributed by atoms with Gasteiger partial charge in [0.1, 0.15) is 5.75 Å². The molecule has 1 rings (SSSR count). The summed E-state index contributed by atoms with van der Waals surface area (Å²) in [4.78, 5) is 11.2. The largest absolute Gasteiger partial charge is 0.481 e. The maximum atomic E-state index is 11.2. The number of hydrazine groups is 1. The number of amides is 1. The highest BCUT2D eigenvalue weighted by Gasteiger charge is 2.15. The number of rotatable bonds is 3. The number of hydrogen-bond acceptors (Lipinski definition) is 3. The Labute approximate surface area is 102 Å². The van der Waals surface area contributed by atoms with Crippen molar-refractivity contribution in [2.75, 3.05) is 0 Å². The summed E-state index contributed by atoms with van der Waals surface area (Å²) in [5.41, 5.74) is 3.39. The minimum absolute atomic E-state index is 0.110. The molecule has 0 aliphatic rings. The summed E-state index contributed by atoms with van der Waals surface area (Å²) in [6.45, 7) is 8.09. The average Bonchev–Trinajstić information content (AvgIpc) is 2.27. The summed E-state index contributed by atoms with van der Waals surface area (Å²) in [6.07, 6.45) is -0.597. The SMILES string of the molecule is C[C@H](Oc1ccc(C(C)(C)C)cc1)C(=O)NN. The van der Waals surface area contributed by atoms with Crippen LogP contribution in [0.5, 0.6) is 5.75 Å². The van der Waals surface area contributed by atoms with Gasteiger partial charge >= 0.3 is 0 Å². The van der Waals surface area contributed by atoms with Crippen molar-refractivity contribution in [2.24, 2.45) is 5.84 Å². The molecule has 1 aromatic rings. The first-order chi connectivity index (χ1) is 7.84.